The first-order chi connectivity index (χ1) is 36.7. The van der Waals surface area contributed by atoms with Gasteiger partial charge in [-0.25, -0.2) is 29.2 Å². The molecule has 10 atom stereocenters. The van der Waals surface area contributed by atoms with E-state index < -0.39 is 121 Å². The number of carbonyl (C=O) groups excluding carboxylic acids is 4. The Kier molecular flexibility index (Phi) is 32.5. The number of guanidine groups is 2. The number of nitrogens with two attached hydrogens (primary N) is 4. The van der Waals surface area contributed by atoms with Crippen LogP contribution < -0.4 is 38.9 Å². The number of aliphatic carboxylic acids is 2. The van der Waals surface area contributed by atoms with Gasteiger partial charge >= 0.3 is 24.1 Å². The van der Waals surface area contributed by atoms with Crippen molar-refractivity contribution in [3.63, 3.8) is 0 Å². The molecule has 0 spiro atoms. The standard InChI is InChI=1S/C46H80N10O21/c1-4-69-17-18-72-21-22-73-20-19-70-14-9-35(62)56(13-16-71-15-11-52-46(68)76-38(31(60)25-57)37-27(2)29(54-43(47)48)23-33(74-37)41(63)64)12-8-6-5-7-10-51-45(67)77-39(32(61)26-58)40-36(53-28(3)59)30(55-44(49)50)24-34(75-40)42(65)66/h23-24,27,29-32,36-40,57-58,60-61H,4-22,25-26H2,1-3H3,(H,51,67)(H,52,68)(H,53,59)(H,63,64)(H,65,66)(H4,47,48,54)(H4,49,50,55)/t27-,29+,30+,31-,32-,36-,37-,38-,39-,40-/m1/s1. The van der Waals surface area contributed by atoms with E-state index >= 15 is 0 Å². The zero-order chi connectivity index (χ0) is 57.3. The number of amides is 4. The Labute approximate surface area is 445 Å². The lowest BCUT2D eigenvalue weighted by atomic mass is 9.87. The number of hydrogen-bond acceptors (Lipinski definition) is 21. The first-order valence-electron chi connectivity index (χ1n) is 25.1. The van der Waals surface area contributed by atoms with Gasteiger partial charge in [-0.3, -0.25) is 9.59 Å². The first-order valence-corrected chi connectivity index (χ1v) is 25.1. The van der Waals surface area contributed by atoms with E-state index in [1.165, 1.54) is 6.08 Å². The number of carbonyl (C=O) groups is 6. The Morgan fingerprint density at radius 2 is 1.13 bits per heavy atom. The van der Waals surface area contributed by atoms with Crippen LogP contribution in [0.4, 0.5) is 9.59 Å². The maximum absolute atomic E-state index is 13.4. The molecule has 2 aliphatic rings. The van der Waals surface area contributed by atoms with Gasteiger partial charge in [-0.15, -0.1) is 0 Å². The Hall–Kier alpha value is -6.32. The minimum atomic E-state index is -1.80. The van der Waals surface area contributed by atoms with Crippen molar-refractivity contribution < 1.29 is 102 Å². The van der Waals surface area contributed by atoms with Crippen LogP contribution in [0.15, 0.2) is 33.7 Å². The lowest BCUT2D eigenvalue weighted by molar-refractivity contribution is -0.147. The van der Waals surface area contributed by atoms with Crippen molar-refractivity contribution in [1.29, 1.82) is 0 Å². The second kappa shape index (κ2) is 37.5. The van der Waals surface area contributed by atoms with Crippen molar-refractivity contribution in [2.75, 3.05) is 105 Å². The molecule has 4 amide bonds. The molecule has 31 nitrogen and oxygen atoms in total. The predicted molar refractivity (Wildman–Crippen MR) is 269 cm³/mol. The Morgan fingerprint density at radius 3 is 1.66 bits per heavy atom. The van der Waals surface area contributed by atoms with Crippen LogP contribution in [0.25, 0.3) is 0 Å². The fourth-order valence-electron chi connectivity index (χ4n) is 7.63. The van der Waals surface area contributed by atoms with Crippen molar-refractivity contribution in [2.45, 2.75) is 108 Å². The number of rotatable bonds is 39. The third kappa shape index (κ3) is 26.1. The third-order valence-electron chi connectivity index (χ3n) is 11.4. The molecule has 0 aliphatic carbocycles. The van der Waals surface area contributed by atoms with Crippen LogP contribution in [0.5, 0.6) is 0 Å². The second-order valence-corrected chi connectivity index (χ2v) is 17.3. The molecule has 0 saturated carbocycles. The molecule has 0 bridgehead atoms. The Balaban J connectivity index is 1.96. The zero-order valence-corrected chi connectivity index (χ0v) is 43.7. The van der Waals surface area contributed by atoms with Gasteiger partial charge in [0.15, 0.2) is 30.2 Å². The summed E-state index contributed by atoms with van der Waals surface area (Å²) in [6.07, 6.45) is -7.36. The van der Waals surface area contributed by atoms with Crippen LogP contribution >= 0.6 is 0 Å². The summed E-state index contributed by atoms with van der Waals surface area (Å²) in [5.74, 6) is -6.62. The summed E-state index contributed by atoms with van der Waals surface area (Å²) >= 11 is 0. The van der Waals surface area contributed by atoms with Gasteiger partial charge in [0.2, 0.25) is 23.3 Å². The average Bonchev–Trinajstić information content (AvgIpc) is 3.38. The molecule has 0 radical (unpaired) electrons. The predicted octanol–water partition coefficient (Wildman–Crippen LogP) is -4.08. The van der Waals surface area contributed by atoms with Gasteiger partial charge in [0.05, 0.1) is 97.2 Å². The highest BCUT2D eigenvalue weighted by Crippen LogP contribution is 2.31. The number of carboxylic acids is 2. The van der Waals surface area contributed by atoms with E-state index in [1.54, 1.807) is 11.8 Å². The SMILES string of the molecule is CCOCCOCCOCCOCCC(=O)N(CCCCCCNC(=O)O[C@@H]([C@@H]1OC(C(=O)O)=C[C@H](N=C(N)N)[C@H]1NC(C)=O)[C@H](O)CO)CCOCCNC(=O)O[C@@H]([C@@H]1OC(C(=O)O)=C[C@H](N=C(N)N)[C@H]1C)[C@H](O)CO. The summed E-state index contributed by atoms with van der Waals surface area (Å²) in [4.78, 5) is 84.6. The number of carboxylic acid groups (broad SMARTS) is 2. The minimum absolute atomic E-state index is 0.0442. The van der Waals surface area contributed by atoms with E-state index in [0.717, 1.165) is 13.0 Å². The van der Waals surface area contributed by atoms with Crippen LogP contribution in [0.3, 0.4) is 0 Å². The monoisotopic (exact) mass is 1110 g/mol. The molecule has 17 N–H and O–H groups in total. The highest BCUT2D eigenvalue weighted by molar-refractivity contribution is 5.86. The molecule has 0 saturated heterocycles. The van der Waals surface area contributed by atoms with E-state index in [9.17, 15) is 59.4 Å². The summed E-state index contributed by atoms with van der Waals surface area (Å²) in [7, 11) is 0. The molecule has 2 rings (SSSR count). The van der Waals surface area contributed by atoms with Crippen LogP contribution in [0, 0.1) is 5.92 Å². The minimum Gasteiger partial charge on any atom is -0.479 e. The van der Waals surface area contributed by atoms with E-state index in [-0.39, 0.29) is 64.3 Å². The summed E-state index contributed by atoms with van der Waals surface area (Å²) in [5, 5.41) is 67.6. The van der Waals surface area contributed by atoms with Crippen LogP contribution in [0.1, 0.15) is 52.9 Å². The number of unbranched alkanes of at least 4 members (excludes halogenated alkanes) is 3. The van der Waals surface area contributed by atoms with Gasteiger partial charge in [0, 0.05) is 45.6 Å². The van der Waals surface area contributed by atoms with Gasteiger partial charge < -0.3 is 117 Å². The van der Waals surface area contributed by atoms with Crippen LogP contribution in [0.2, 0.25) is 0 Å². The highest BCUT2D eigenvalue weighted by Gasteiger charge is 2.47. The number of alkyl carbamates (subject to hydrolysis) is 2. The molecule has 0 fully saturated rings. The molecule has 440 valence electrons. The van der Waals surface area contributed by atoms with Gasteiger partial charge in [-0.2, -0.15) is 0 Å². The lowest BCUT2D eigenvalue weighted by Crippen LogP contribution is -2.61. The van der Waals surface area contributed by atoms with Gasteiger partial charge in [0.1, 0.15) is 18.3 Å². The van der Waals surface area contributed by atoms with Crippen molar-refractivity contribution in [3.05, 3.63) is 23.7 Å². The molecular weight excluding hydrogens is 1030 g/mol. The third-order valence-corrected chi connectivity index (χ3v) is 11.4. The molecule has 0 aromatic carbocycles. The van der Waals surface area contributed by atoms with Gasteiger partial charge in [-0.1, -0.05) is 19.8 Å². The van der Waals surface area contributed by atoms with Crippen LogP contribution in [-0.4, -0.2) is 244 Å². The quantitative estimate of drug-likeness (QED) is 0.0158. The van der Waals surface area contributed by atoms with E-state index in [2.05, 4.69) is 25.9 Å². The number of nitrogens with zero attached hydrogens (tertiary/aromatic N) is 3. The molecule has 0 aromatic heterocycles. The fraction of sp³-hybridized carbons (Fsp3) is 0.739. The summed E-state index contributed by atoms with van der Waals surface area (Å²) in [5.41, 5.74) is 22.1. The molecule has 0 unspecified atom stereocenters. The van der Waals surface area contributed by atoms with Crippen molar-refractivity contribution in [2.24, 2.45) is 38.8 Å². The molecular formula is C46H80N10O21. The molecule has 2 heterocycles. The summed E-state index contributed by atoms with van der Waals surface area (Å²) in [6.45, 7) is 6.24. The van der Waals surface area contributed by atoms with E-state index in [4.69, 9.17) is 65.6 Å². The largest absolute Gasteiger partial charge is 0.479 e. The van der Waals surface area contributed by atoms with Gasteiger partial charge in [-0.05, 0) is 31.9 Å². The number of nitrogens with one attached hydrogen (secondary N) is 3. The normalized spacial score (nSPS) is 20.5. The molecule has 2 aliphatic heterocycles. The van der Waals surface area contributed by atoms with E-state index in [1.807, 2.05) is 6.92 Å². The van der Waals surface area contributed by atoms with Crippen LogP contribution in [-0.2, 0) is 61.8 Å². The number of aliphatic imine (C=N–C) groups is 2. The number of hydrogen-bond donors (Lipinski definition) is 13. The van der Waals surface area contributed by atoms with E-state index in [0.29, 0.717) is 71.9 Å². The fourth-order valence-corrected chi connectivity index (χ4v) is 7.63. The maximum atomic E-state index is 13.4. The first kappa shape index (κ1) is 66.8. The Morgan fingerprint density at radius 1 is 0.649 bits per heavy atom. The van der Waals surface area contributed by atoms with Crippen molar-refractivity contribution >= 4 is 47.9 Å². The molecule has 31 heteroatoms. The molecule has 77 heavy (non-hydrogen) atoms. The Bertz CT molecular complexity index is 1940. The number of ether oxygens (including phenoxy) is 9. The average molecular weight is 1110 g/mol. The smallest absolute Gasteiger partial charge is 0.407 e. The topological polar surface area (TPSA) is 475 Å². The maximum Gasteiger partial charge on any atom is 0.407 e. The van der Waals surface area contributed by atoms with Gasteiger partial charge in [0.25, 0.3) is 0 Å². The summed E-state index contributed by atoms with van der Waals surface area (Å²) < 4.78 is 49.3. The zero-order valence-electron chi connectivity index (χ0n) is 43.7. The molecule has 0 aromatic rings. The lowest BCUT2D eigenvalue weighted by Gasteiger charge is -2.39. The van der Waals surface area contributed by atoms with Crippen molar-refractivity contribution in [1.82, 2.24) is 20.9 Å². The van der Waals surface area contributed by atoms with Crippen molar-refractivity contribution in [3.8, 4) is 0 Å². The number of aliphatic hydroxyl groups excluding tert-OH is 4. The second-order valence-electron chi connectivity index (χ2n) is 17.3. The highest BCUT2D eigenvalue weighted by atomic mass is 16.6. The summed E-state index contributed by atoms with van der Waals surface area (Å²) in [6, 6.07) is -3.41. The number of aliphatic hydroxyl groups is 4.